The first kappa shape index (κ1) is 12.1. The van der Waals surface area contributed by atoms with Crippen LogP contribution in [0, 0.1) is 0 Å². The molecule has 0 saturated carbocycles. The number of carbonyl (C=O) groups is 3. The molecule has 0 fully saturated rings. The molecular weight excluding hydrogens is 240 g/mol. The van der Waals surface area contributed by atoms with E-state index in [9.17, 15) is 14.4 Å². The van der Waals surface area contributed by atoms with E-state index in [2.05, 4.69) is 4.74 Å². The van der Waals surface area contributed by atoms with Crippen molar-refractivity contribution >= 4 is 17.9 Å². The lowest BCUT2D eigenvalue weighted by atomic mass is 10.0. The van der Waals surface area contributed by atoms with Crippen LogP contribution in [0.5, 0.6) is 11.5 Å². The zero-order valence-corrected chi connectivity index (χ0v) is 9.81. The average Bonchev–Trinajstić information content (AvgIpc) is 2.25. The highest BCUT2D eigenvalue weighted by Crippen LogP contribution is 2.32. The fraction of sp³-hybridized carbons (Fsp3) is 0.250. The van der Waals surface area contributed by atoms with Crippen molar-refractivity contribution in [2.24, 2.45) is 0 Å². The van der Waals surface area contributed by atoms with Crippen molar-refractivity contribution in [1.29, 1.82) is 0 Å². The number of rotatable bonds is 2. The van der Waals surface area contributed by atoms with E-state index < -0.39 is 17.9 Å². The number of methoxy groups -OCH3 is 1. The smallest absolute Gasteiger partial charge is 0.349 e. The van der Waals surface area contributed by atoms with Crippen LogP contribution >= 0.6 is 0 Å². The molecule has 0 N–H and O–H groups in total. The van der Waals surface area contributed by atoms with Gasteiger partial charge >= 0.3 is 17.9 Å². The van der Waals surface area contributed by atoms with Crippen molar-refractivity contribution in [1.82, 2.24) is 0 Å². The number of cyclic esters (lactones) is 2. The summed E-state index contributed by atoms with van der Waals surface area (Å²) in [5.74, 6) is -1.47. The van der Waals surface area contributed by atoms with E-state index in [1.54, 1.807) is 0 Å². The number of esters is 3. The Hall–Kier alpha value is -2.37. The van der Waals surface area contributed by atoms with Crippen LogP contribution in [0.3, 0.4) is 0 Å². The largest absolute Gasteiger partial charge is 0.496 e. The van der Waals surface area contributed by atoms with Crippen molar-refractivity contribution in [2.75, 3.05) is 7.11 Å². The molecule has 0 atom stereocenters. The molecule has 1 aliphatic rings. The van der Waals surface area contributed by atoms with Crippen molar-refractivity contribution in [3.63, 3.8) is 0 Å². The maximum Gasteiger partial charge on any atom is 0.349 e. The standard InChI is InChI=1S/C12H10O6/c1-6(13)17-8-3-7-4-10(14)18-12(15)11(7)9(5-8)16-2/h3,5H,4H2,1-2H3. The Morgan fingerprint density at radius 3 is 2.67 bits per heavy atom. The minimum absolute atomic E-state index is 0.0630. The van der Waals surface area contributed by atoms with Gasteiger partial charge in [0.15, 0.2) is 0 Å². The van der Waals surface area contributed by atoms with Crippen LogP contribution in [-0.2, 0) is 20.7 Å². The lowest BCUT2D eigenvalue weighted by molar-refractivity contribution is -0.137. The number of carbonyl (C=O) groups excluding carboxylic acids is 3. The molecule has 1 aromatic carbocycles. The molecule has 94 valence electrons. The minimum Gasteiger partial charge on any atom is -0.496 e. The van der Waals surface area contributed by atoms with E-state index >= 15 is 0 Å². The minimum atomic E-state index is -0.757. The molecule has 18 heavy (non-hydrogen) atoms. The van der Waals surface area contributed by atoms with Crippen molar-refractivity contribution in [2.45, 2.75) is 13.3 Å². The summed E-state index contributed by atoms with van der Waals surface area (Å²) in [6, 6.07) is 2.86. The third-order valence-corrected chi connectivity index (χ3v) is 2.38. The number of ether oxygens (including phenoxy) is 3. The summed E-state index contributed by atoms with van der Waals surface area (Å²) in [7, 11) is 1.37. The third kappa shape index (κ3) is 2.17. The number of hydrogen-bond donors (Lipinski definition) is 0. The van der Waals surface area contributed by atoms with E-state index in [1.165, 1.54) is 26.2 Å². The van der Waals surface area contributed by atoms with Crippen molar-refractivity contribution in [3.8, 4) is 11.5 Å². The summed E-state index contributed by atoms with van der Waals surface area (Å²) in [6.07, 6.45) is -0.0630. The van der Waals surface area contributed by atoms with Crippen LogP contribution in [0.1, 0.15) is 22.8 Å². The lowest BCUT2D eigenvalue weighted by Crippen LogP contribution is -2.23. The Morgan fingerprint density at radius 2 is 2.06 bits per heavy atom. The first-order chi connectivity index (χ1) is 8.51. The summed E-state index contributed by atoms with van der Waals surface area (Å²) < 4.78 is 14.5. The summed E-state index contributed by atoms with van der Waals surface area (Å²) in [5.41, 5.74) is 0.611. The highest BCUT2D eigenvalue weighted by Gasteiger charge is 2.29. The molecule has 0 spiro atoms. The van der Waals surface area contributed by atoms with E-state index in [0.717, 1.165) is 0 Å². The zero-order chi connectivity index (χ0) is 13.3. The second-order valence-electron chi connectivity index (χ2n) is 3.69. The van der Waals surface area contributed by atoms with Gasteiger partial charge in [-0.2, -0.15) is 0 Å². The molecular formula is C12H10O6. The summed E-state index contributed by atoms with van der Waals surface area (Å²) >= 11 is 0. The van der Waals surface area contributed by atoms with Gasteiger partial charge in [-0.05, 0) is 11.6 Å². The number of fused-ring (bicyclic) bond motifs is 1. The molecule has 1 aliphatic heterocycles. The van der Waals surface area contributed by atoms with Gasteiger partial charge in [0, 0.05) is 13.0 Å². The van der Waals surface area contributed by atoms with E-state index in [0.29, 0.717) is 5.56 Å². The van der Waals surface area contributed by atoms with Crippen LogP contribution < -0.4 is 9.47 Å². The van der Waals surface area contributed by atoms with Crippen LogP contribution in [0.4, 0.5) is 0 Å². The second kappa shape index (κ2) is 4.48. The molecule has 0 aliphatic carbocycles. The fourth-order valence-corrected chi connectivity index (χ4v) is 1.75. The van der Waals surface area contributed by atoms with Crippen LogP contribution in [-0.4, -0.2) is 25.0 Å². The molecule has 6 nitrogen and oxygen atoms in total. The molecule has 0 saturated heterocycles. The number of hydrogen-bond acceptors (Lipinski definition) is 6. The molecule has 0 radical (unpaired) electrons. The van der Waals surface area contributed by atoms with E-state index in [4.69, 9.17) is 9.47 Å². The highest BCUT2D eigenvalue weighted by molar-refractivity contribution is 6.04. The van der Waals surface area contributed by atoms with Gasteiger partial charge in [0.05, 0.1) is 13.5 Å². The van der Waals surface area contributed by atoms with E-state index in [-0.39, 0.29) is 23.5 Å². The molecule has 0 aromatic heterocycles. The fourth-order valence-electron chi connectivity index (χ4n) is 1.75. The normalized spacial score (nSPS) is 13.7. The van der Waals surface area contributed by atoms with Crippen molar-refractivity contribution < 1.29 is 28.6 Å². The summed E-state index contributed by atoms with van der Waals surface area (Å²) in [6.45, 7) is 1.26. The van der Waals surface area contributed by atoms with Crippen LogP contribution in [0.15, 0.2) is 12.1 Å². The molecule has 0 amide bonds. The summed E-state index contributed by atoms with van der Waals surface area (Å²) in [5, 5.41) is 0. The predicted octanol–water partition coefficient (Wildman–Crippen LogP) is 0.860. The van der Waals surface area contributed by atoms with Gasteiger partial charge in [-0.3, -0.25) is 9.59 Å². The topological polar surface area (TPSA) is 78.9 Å². The van der Waals surface area contributed by atoms with Crippen molar-refractivity contribution in [3.05, 3.63) is 23.3 Å². The van der Waals surface area contributed by atoms with Gasteiger partial charge in [0.1, 0.15) is 17.1 Å². The van der Waals surface area contributed by atoms with Crippen LogP contribution in [0.25, 0.3) is 0 Å². The monoisotopic (exact) mass is 250 g/mol. The van der Waals surface area contributed by atoms with Gasteiger partial charge in [0.25, 0.3) is 0 Å². The van der Waals surface area contributed by atoms with Gasteiger partial charge in [0.2, 0.25) is 0 Å². The maximum atomic E-state index is 11.6. The Labute approximate surface area is 102 Å². The number of benzene rings is 1. The zero-order valence-electron chi connectivity index (χ0n) is 9.81. The Kier molecular flexibility index (Phi) is 3.01. The van der Waals surface area contributed by atoms with Gasteiger partial charge < -0.3 is 14.2 Å². The van der Waals surface area contributed by atoms with E-state index in [1.807, 2.05) is 0 Å². The second-order valence-corrected chi connectivity index (χ2v) is 3.69. The van der Waals surface area contributed by atoms with Crippen LogP contribution in [0.2, 0.25) is 0 Å². The SMILES string of the molecule is COc1cc(OC(C)=O)cc2c1C(=O)OC(=O)C2. The van der Waals surface area contributed by atoms with Gasteiger partial charge in [-0.1, -0.05) is 0 Å². The Balaban J connectivity index is 2.53. The first-order valence-corrected chi connectivity index (χ1v) is 5.15. The average molecular weight is 250 g/mol. The molecule has 0 bridgehead atoms. The molecule has 2 rings (SSSR count). The molecule has 1 heterocycles. The Bertz CT molecular complexity index is 546. The molecule has 0 unspecified atom stereocenters. The van der Waals surface area contributed by atoms with Gasteiger partial charge in [-0.15, -0.1) is 0 Å². The quantitative estimate of drug-likeness (QED) is 0.440. The van der Waals surface area contributed by atoms with Gasteiger partial charge in [-0.25, -0.2) is 4.79 Å². The highest BCUT2D eigenvalue weighted by atomic mass is 16.6. The summed E-state index contributed by atoms with van der Waals surface area (Å²) in [4.78, 5) is 33.6. The molecule has 6 heteroatoms. The lowest BCUT2D eigenvalue weighted by Gasteiger charge is -2.17. The Morgan fingerprint density at radius 1 is 1.33 bits per heavy atom. The molecule has 1 aromatic rings. The first-order valence-electron chi connectivity index (χ1n) is 5.15. The maximum absolute atomic E-state index is 11.6. The predicted molar refractivity (Wildman–Crippen MR) is 58.4 cm³/mol. The third-order valence-electron chi connectivity index (χ3n) is 2.38.